The van der Waals surface area contributed by atoms with Crippen LogP contribution in [0.15, 0.2) is 12.5 Å². The Morgan fingerprint density at radius 1 is 1.14 bits per heavy atom. The van der Waals surface area contributed by atoms with Crippen LogP contribution in [0, 0.1) is 0 Å². The van der Waals surface area contributed by atoms with E-state index in [-0.39, 0.29) is 32.2 Å². The van der Waals surface area contributed by atoms with E-state index in [9.17, 15) is 39.0 Å². The number of primary amides is 1. The minimum absolute atomic E-state index is 0.0841. The number of carboxylic acids is 2. The summed E-state index contributed by atoms with van der Waals surface area (Å²) in [6, 6.07) is -5.14. The monoisotopic (exact) mass is 495 g/mol. The molecule has 1 aliphatic heterocycles. The zero-order valence-electron chi connectivity index (χ0n) is 18.8. The summed E-state index contributed by atoms with van der Waals surface area (Å²) in [6.07, 6.45) is 2.29. The maximum absolute atomic E-state index is 13.2. The Morgan fingerprint density at radius 2 is 1.83 bits per heavy atom. The molecule has 9 N–H and O–H groups in total. The number of carbonyl (C=O) groups excluding carboxylic acids is 4. The van der Waals surface area contributed by atoms with Gasteiger partial charge >= 0.3 is 11.9 Å². The quantitative estimate of drug-likeness (QED) is 0.147. The molecule has 2 heterocycles. The van der Waals surface area contributed by atoms with Gasteiger partial charge in [-0.2, -0.15) is 0 Å². The van der Waals surface area contributed by atoms with Crippen LogP contribution in [-0.4, -0.2) is 91.4 Å². The predicted molar refractivity (Wildman–Crippen MR) is 117 cm³/mol. The van der Waals surface area contributed by atoms with Crippen LogP contribution >= 0.6 is 0 Å². The second-order valence-electron chi connectivity index (χ2n) is 8.14. The van der Waals surface area contributed by atoms with E-state index < -0.39 is 66.2 Å². The first-order valence-electron chi connectivity index (χ1n) is 10.9. The molecule has 35 heavy (non-hydrogen) atoms. The van der Waals surface area contributed by atoms with Crippen molar-refractivity contribution in [2.45, 2.75) is 62.7 Å². The molecule has 15 heteroatoms. The van der Waals surface area contributed by atoms with E-state index in [1.807, 2.05) is 0 Å². The molecular weight excluding hydrogens is 466 g/mol. The number of amides is 4. The molecule has 4 unspecified atom stereocenters. The summed E-state index contributed by atoms with van der Waals surface area (Å²) < 4.78 is 0. The van der Waals surface area contributed by atoms with Gasteiger partial charge in [0.1, 0.15) is 18.1 Å². The van der Waals surface area contributed by atoms with Gasteiger partial charge in [-0.25, -0.2) is 9.78 Å². The summed E-state index contributed by atoms with van der Waals surface area (Å²) in [5.41, 5.74) is 11.2. The Labute approximate surface area is 199 Å². The van der Waals surface area contributed by atoms with Gasteiger partial charge in [-0.05, 0) is 19.3 Å². The fourth-order valence-electron chi connectivity index (χ4n) is 3.67. The number of nitrogens with zero attached hydrogens (tertiary/aromatic N) is 2. The largest absolute Gasteiger partial charge is 0.481 e. The van der Waals surface area contributed by atoms with Gasteiger partial charge in [-0.1, -0.05) is 0 Å². The van der Waals surface area contributed by atoms with Gasteiger partial charge < -0.3 is 42.2 Å². The van der Waals surface area contributed by atoms with Crippen LogP contribution in [-0.2, 0) is 35.2 Å². The smallest absolute Gasteiger partial charge is 0.326 e. The van der Waals surface area contributed by atoms with Crippen molar-refractivity contribution in [2.24, 2.45) is 11.5 Å². The number of likely N-dealkylation sites (tertiary alicyclic amines) is 1. The van der Waals surface area contributed by atoms with Gasteiger partial charge in [0.2, 0.25) is 23.6 Å². The SMILES string of the molecule is NC(=O)CCC(N)C(=O)NC(CC(=O)O)C(=O)NC(Cc1cnc[nH]1)C(=O)N1CCCC1C(=O)O. The first kappa shape index (κ1) is 27.2. The van der Waals surface area contributed by atoms with Gasteiger partial charge in [0.25, 0.3) is 0 Å². The summed E-state index contributed by atoms with van der Waals surface area (Å²) in [6.45, 7) is 0.176. The van der Waals surface area contributed by atoms with Crippen LogP contribution in [0.5, 0.6) is 0 Å². The normalized spacial score (nSPS) is 17.7. The summed E-state index contributed by atoms with van der Waals surface area (Å²) in [7, 11) is 0. The molecule has 1 saturated heterocycles. The van der Waals surface area contributed by atoms with E-state index in [1.54, 1.807) is 0 Å². The number of H-pyrrole nitrogens is 1. The van der Waals surface area contributed by atoms with Crippen molar-refractivity contribution in [1.29, 1.82) is 0 Å². The Balaban J connectivity index is 2.19. The Morgan fingerprint density at radius 3 is 2.40 bits per heavy atom. The highest BCUT2D eigenvalue weighted by atomic mass is 16.4. The summed E-state index contributed by atoms with van der Waals surface area (Å²) >= 11 is 0. The lowest BCUT2D eigenvalue weighted by Gasteiger charge is -2.28. The predicted octanol–water partition coefficient (Wildman–Crippen LogP) is -2.94. The van der Waals surface area contributed by atoms with E-state index in [0.717, 1.165) is 4.90 Å². The second kappa shape index (κ2) is 12.5. The zero-order valence-corrected chi connectivity index (χ0v) is 18.8. The third kappa shape index (κ3) is 8.06. The van der Waals surface area contributed by atoms with E-state index in [4.69, 9.17) is 11.5 Å². The molecule has 2 rings (SSSR count). The molecule has 1 aromatic rings. The Bertz CT molecular complexity index is 951. The number of rotatable bonds is 13. The lowest BCUT2D eigenvalue weighted by atomic mass is 10.1. The van der Waals surface area contributed by atoms with Crippen molar-refractivity contribution in [1.82, 2.24) is 25.5 Å². The van der Waals surface area contributed by atoms with Crippen molar-refractivity contribution >= 4 is 35.6 Å². The van der Waals surface area contributed by atoms with Crippen LogP contribution in [0.4, 0.5) is 0 Å². The average molecular weight is 495 g/mol. The number of nitrogens with two attached hydrogens (primary N) is 2. The molecule has 4 atom stereocenters. The minimum atomic E-state index is -1.59. The summed E-state index contributed by atoms with van der Waals surface area (Å²) in [5.74, 6) is -5.80. The van der Waals surface area contributed by atoms with Gasteiger partial charge in [-0.3, -0.25) is 24.0 Å². The summed E-state index contributed by atoms with van der Waals surface area (Å²) in [5, 5.41) is 23.3. The molecule has 4 amide bonds. The fraction of sp³-hybridized carbons (Fsp3) is 0.550. The van der Waals surface area contributed by atoms with E-state index in [0.29, 0.717) is 12.1 Å². The molecule has 0 spiro atoms. The maximum Gasteiger partial charge on any atom is 0.326 e. The highest BCUT2D eigenvalue weighted by Crippen LogP contribution is 2.19. The van der Waals surface area contributed by atoms with Crippen LogP contribution < -0.4 is 22.1 Å². The number of aromatic amines is 1. The molecule has 0 bridgehead atoms. The number of carboxylic acid groups (broad SMARTS) is 2. The third-order valence-electron chi connectivity index (χ3n) is 5.46. The standard InChI is InChI=1S/C20H29N7O8/c21-11(3-4-15(22)28)17(31)25-12(7-16(29)30)18(32)26-13(6-10-8-23-9-24-10)19(33)27-5-1-2-14(27)20(34)35/h8-9,11-14H,1-7,21H2,(H2,22,28)(H,23,24)(H,25,31)(H,26,32)(H,29,30)(H,34,35). The number of nitrogens with one attached hydrogen (secondary N) is 3. The lowest BCUT2D eigenvalue weighted by Crippen LogP contribution is -2.58. The fourth-order valence-corrected chi connectivity index (χ4v) is 3.67. The number of imidazole rings is 1. The van der Waals surface area contributed by atoms with Crippen molar-refractivity contribution in [3.63, 3.8) is 0 Å². The average Bonchev–Trinajstić information content (AvgIpc) is 3.47. The molecular formula is C20H29N7O8. The van der Waals surface area contributed by atoms with Crippen LogP contribution in [0.1, 0.15) is 37.8 Å². The molecule has 0 saturated carbocycles. The number of carbonyl (C=O) groups is 6. The van der Waals surface area contributed by atoms with Crippen LogP contribution in [0.2, 0.25) is 0 Å². The van der Waals surface area contributed by atoms with Gasteiger partial charge in [0.15, 0.2) is 0 Å². The first-order valence-corrected chi connectivity index (χ1v) is 10.9. The topological polar surface area (TPSA) is 251 Å². The van der Waals surface area contributed by atoms with Crippen LogP contribution in [0.3, 0.4) is 0 Å². The minimum Gasteiger partial charge on any atom is -0.481 e. The highest BCUT2D eigenvalue weighted by molar-refractivity contribution is 5.96. The van der Waals surface area contributed by atoms with Crippen molar-refractivity contribution in [3.8, 4) is 0 Å². The molecule has 1 aliphatic rings. The van der Waals surface area contributed by atoms with Gasteiger partial charge in [0.05, 0.1) is 18.8 Å². The van der Waals surface area contributed by atoms with Crippen molar-refractivity contribution in [2.75, 3.05) is 6.54 Å². The first-order chi connectivity index (χ1) is 16.5. The molecule has 15 nitrogen and oxygen atoms in total. The highest BCUT2D eigenvalue weighted by Gasteiger charge is 2.39. The lowest BCUT2D eigenvalue weighted by molar-refractivity contribution is -0.149. The van der Waals surface area contributed by atoms with Gasteiger partial charge in [-0.15, -0.1) is 0 Å². The Hall–Kier alpha value is -4.01. The summed E-state index contributed by atoms with van der Waals surface area (Å²) in [4.78, 5) is 80.0. The van der Waals surface area contributed by atoms with Crippen molar-refractivity contribution < 1.29 is 39.0 Å². The number of hydrogen-bond donors (Lipinski definition) is 7. The van der Waals surface area contributed by atoms with Crippen molar-refractivity contribution in [3.05, 3.63) is 18.2 Å². The molecule has 0 aromatic carbocycles. The van der Waals surface area contributed by atoms with E-state index >= 15 is 0 Å². The Kier molecular flexibility index (Phi) is 9.69. The van der Waals surface area contributed by atoms with Crippen LogP contribution in [0.25, 0.3) is 0 Å². The van der Waals surface area contributed by atoms with E-state index in [1.165, 1.54) is 12.5 Å². The zero-order chi connectivity index (χ0) is 26.1. The third-order valence-corrected chi connectivity index (χ3v) is 5.46. The molecule has 0 aliphatic carbocycles. The molecule has 0 radical (unpaired) electrons. The second-order valence-corrected chi connectivity index (χ2v) is 8.14. The number of hydrogen-bond acceptors (Lipinski definition) is 8. The van der Waals surface area contributed by atoms with E-state index in [2.05, 4.69) is 20.6 Å². The number of aromatic nitrogens is 2. The maximum atomic E-state index is 13.2. The molecule has 1 aromatic heterocycles. The van der Waals surface area contributed by atoms with Gasteiger partial charge in [0, 0.05) is 31.3 Å². The molecule has 1 fully saturated rings. The molecule has 192 valence electrons. The number of aliphatic carboxylic acids is 2.